The maximum Gasteiger partial charge on any atom is 0.329 e. The molecule has 0 aliphatic carbocycles. The van der Waals surface area contributed by atoms with Crippen molar-refractivity contribution in [2.75, 3.05) is 19.1 Å². The molecule has 172 valence electrons. The third-order valence-electron chi connectivity index (χ3n) is 4.94. The fraction of sp³-hybridized carbons (Fsp3) is 0.167. The van der Waals surface area contributed by atoms with E-state index in [1.165, 1.54) is 24.1 Å². The first-order chi connectivity index (χ1) is 15.8. The van der Waals surface area contributed by atoms with Gasteiger partial charge in [-0.05, 0) is 29.8 Å². The van der Waals surface area contributed by atoms with Crippen LogP contribution in [0.5, 0.6) is 5.75 Å². The van der Waals surface area contributed by atoms with Crippen molar-refractivity contribution in [2.24, 2.45) is 0 Å². The molecule has 0 aromatic heterocycles. The molecule has 2 N–H and O–H groups in total. The van der Waals surface area contributed by atoms with Crippen LogP contribution in [-0.4, -0.2) is 40.6 Å². The van der Waals surface area contributed by atoms with E-state index in [0.29, 0.717) is 11.4 Å². The Morgan fingerprint density at radius 3 is 2.21 bits per heavy atom. The molecule has 0 fully saturated rings. The summed E-state index contributed by atoms with van der Waals surface area (Å²) in [5, 5.41) is 2.52. The summed E-state index contributed by atoms with van der Waals surface area (Å²) in [6, 6.07) is 21.6. The zero-order valence-electron chi connectivity index (χ0n) is 18.3. The highest BCUT2D eigenvalue weighted by atomic mass is 32.2. The van der Waals surface area contributed by atoms with E-state index in [0.717, 1.165) is 5.56 Å². The van der Waals surface area contributed by atoms with Gasteiger partial charge in [-0.3, -0.25) is 4.79 Å². The number of anilines is 1. The quantitative estimate of drug-likeness (QED) is 0.530. The van der Waals surface area contributed by atoms with E-state index in [-0.39, 0.29) is 11.3 Å². The van der Waals surface area contributed by atoms with E-state index >= 15 is 0 Å². The molecule has 0 unspecified atom stereocenters. The number of benzene rings is 3. The van der Waals surface area contributed by atoms with Crippen molar-refractivity contribution in [3.05, 3.63) is 90.5 Å². The van der Waals surface area contributed by atoms with E-state index in [1.807, 2.05) is 35.1 Å². The van der Waals surface area contributed by atoms with Gasteiger partial charge in [-0.1, -0.05) is 54.6 Å². The number of likely N-dealkylation sites (N-methyl/N-ethyl adjacent to an activating group) is 1. The van der Waals surface area contributed by atoms with Crippen molar-refractivity contribution < 1.29 is 22.7 Å². The number of nitrogens with zero attached hydrogens (tertiary/aromatic N) is 1. The maximum atomic E-state index is 13.3. The number of hydrogen-bond acceptors (Lipinski definition) is 5. The predicted octanol–water partition coefficient (Wildman–Crippen LogP) is 2.96. The number of nitrogens with one attached hydrogen (secondary N) is 2. The standard InChI is InChI=1S/C24H25N3O5S/c1-27(19-12-9-13-20(17-19)32-2)23(28)22(16-18-10-5-3-6-11-18)25-24(29)26-33(30,31)21-14-7-4-8-15-21/h3-15,17,22H,16H2,1-2H3,(H2,25,26,29)/t22-/m0/s1. The van der Waals surface area contributed by atoms with Crippen LogP contribution in [0.25, 0.3) is 0 Å². The molecule has 0 radical (unpaired) electrons. The van der Waals surface area contributed by atoms with E-state index in [2.05, 4.69) is 5.32 Å². The van der Waals surface area contributed by atoms with Crippen molar-refractivity contribution in [3.8, 4) is 5.75 Å². The molecule has 0 aliphatic rings. The molecule has 8 nitrogen and oxygen atoms in total. The molecule has 1 atom stereocenters. The zero-order chi connectivity index (χ0) is 23.8. The van der Waals surface area contributed by atoms with Crippen LogP contribution >= 0.6 is 0 Å². The predicted molar refractivity (Wildman–Crippen MR) is 126 cm³/mol. The van der Waals surface area contributed by atoms with Gasteiger partial charge in [-0.2, -0.15) is 0 Å². The minimum Gasteiger partial charge on any atom is -0.497 e. The van der Waals surface area contributed by atoms with Gasteiger partial charge in [0.1, 0.15) is 11.8 Å². The summed E-state index contributed by atoms with van der Waals surface area (Å²) >= 11 is 0. The summed E-state index contributed by atoms with van der Waals surface area (Å²) in [7, 11) is -0.984. The fourth-order valence-corrected chi connectivity index (χ4v) is 4.13. The van der Waals surface area contributed by atoms with Crippen LogP contribution in [0.3, 0.4) is 0 Å². The highest BCUT2D eigenvalue weighted by Gasteiger charge is 2.27. The summed E-state index contributed by atoms with van der Waals surface area (Å²) < 4.78 is 32.2. The smallest absolute Gasteiger partial charge is 0.329 e. The molecule has 33 heavy (non-hydrogen) atoms. The maximum absolute atomic E-state index is 13.3. The molecule has 0 saturated heterocycles. The van der Waals surface area contributed by atoms with Crippen LogP contribution in [0.2, 0.25) is 0 Å². The number of hydrogen-bond donors (Lipinski definition) is 2. The first-order valence-corrected chi connectivity index (χ1v) is 11.6. The average molecular weight is 468 g/mol. The molecule has 0 bridgehead atoms. The van der Waals surface area contributed by atoms with Crippen molar-refractivity contribution in [2.45, 2.75) is 17.4 Å². The van der Waals surface area contributed by atoms with Gasteiger partial charge >= 0.3 is 6.03 Å². The molecular weight excluding hydrogens is 442 g/mol. The van der Waals surface area contributed by atoms with E-state index in [1.54, 1.807) is 49.5 Å². The van der Waals surface area contributed by atoms with Gasteiger partial charge in [0.05, 0.1) is 12.0 Å². The van der Waals surface area contributed by atoms with Crippen LogP contribution in [0.1, 0.15) is 5.56 Å². The number of sulfonamides is 1. The van der Waals surface area contributed by atoms with Gasteiger partial charge < -0.3 is 15.0 Å². The van der Waals surface area contributed by atoms with E-state index in [9.17, 15) is 18.0 Å². The highest BCUT2D eigenvalue weighted by Crippen LogP contribution is 2.21. The van der Waals surface area contributed by atoms with Crippen LogP contribution < -0.4 is 19.7 Å². The largest absolute Gasteiger partial charge is 0.497 e. The monoisotopic (exact) mass is 467 g/mol. The minimum absolute atomic E-state index is 0.0559. The topological polar surface area (TPSA) is 105 Å². The lowest BCUT2D eigenvalue weighted by Gasteiger charge is -2.25. The number of rotatable bonds is 8. The third-order valence-corrected chi connectivity index (χ3v) is 6.28. The van der Waals surface area contributed by atoms with E-state index in [4.69, 9.17) is 4.74 Å². The lowest BCUT2D eigenvalue weighted by Crippen LogP contribution is -2.52. The van der Waals surface area contributed by atoms with E-state index < -0.39 is 28.0 Å². The second-order valence-corrected chi connectivity index (χ2v) is 8.92. The molecule has 0 heterocycles. The number of carbonyl (C=O) groups excluding carboxylic acids is 2. The number of methoxy groups -OCH3 is 1. The summed E-state index contributed by atoms with van der Waals surface area (Å²) in [6.45, 7) is 0. The van der Waals surface area contributed by atoms with Gasteiger partial charge in [0.15, 0.2) is 0 Å². The fourth-order valence-electron chi connectivity index (χ4n) is 3.20. The van der Waals surface area contributed by atoms with Crippen LogP contribution in [0.4, 0.5) is 10.5 Å². The van der Waals surface area contributed by atoms with Gasteiger partial charge in [0.25, 0.3) is 10.0 Å². The summed E-state index contributed by atoms with van der Waals surface area (Å²) in [5.41, 5.74) is 1.37. The molecule has 3 aromatic rings. The lowest BCUT2D eigenvalue weighted by atomic mass is 10.0. The normalized spacial score (nSPS) is 11.8. The first-order valence-electron chi connectivity index (χ1n) is 10.1. The minimum atomic E-state index is -4.09. The Bertz CT molecular complexity index is 1200. The summed E-state index contributed by atoms with van der Waals surface area (Å²) in [6.07, 6.45) is 0.173. The van der Waals surface area contributed by atoms with Crippen LogP contribution in [0, 0.1) is 0 Å². The molecular formula is C24H25N3O5S. The SMILES string of the molecule is COc1cccc(N(C)C(=O)[C@H](Cc2ccccc2)NC(=O)NS(=O)(=O)c2ccccc2)c1. The third kappa shape index (κ3) is 6.33. The van der Waals surface area contributed by atoms with Crippen molar-refractivity contribution >= 4 is 27.6 Å². The van der Waals surface area contributed by atoms with Crippen LogP contribution in [-0.2, 0) is 21.2 Å². The first kappa shape index (κ1) is 23.8. The molecule has 0 aliphatic heterocycles. The molecule has 3 amide bonds. The second-order valence-electron chi connectivity index (χ2n) is 7.23. The Hall–Kier alpha value is -3.85. The summed E-state index contributed by atoms with van der Waals surface area (Å²) in [4.78, 5) is 27.3. The Morgan fingerprint density at radius 1 is 0.939 bits per heavy atom. The van der Waals surface area contributed by atoms with Crippen molar-refractivity contribution in [1.29, 1.82) is 0 Å². The Balaban J connectivity index is 1.81. The number of urea groups is 1. The van der Waals surface area contributed by atoms with Crippen molar-refractivity contribution in [1.82, 2.24) is 10.0 Å². The number of amides is 3. The molecule has 3 rings (SSSR count). The Morgan fingerprint density at radius 2 is 1.58 bits per heavy atom. The average Bonchev–Trinajstić information content (AvgIpc) is 2.83. The highest BCUT2D eigenvalue weighted by molar-refractivity contribution is 7.90. The Labute approximate surface area is 193 Å². The molecule has 0 spiro atoms. The molecule has 9 heteroatoms. The van der Waals surface area contributed by atoms with Crippen LogP contribution in [0.15, 0.2) is 89.8 Å². The number of ether oxygens (including phenoxy) is 1. The van der Waals surface area contributed by atoms with Gasteiger partial charge in [0, 0.05) is 25.2 Å². The van der Waals surface area contributed by atoms with Gasteiger partial charge in [-0.15, -0.1) is 0 Å². The zero-order valence-corrected chi connectivity index (χ0v) is 19.1. The summed E-state index contributed by atoms with van der Waals surface area (Å²) in [5.74, 6) is 0.158. The van der Waals surface area contributed by atoms with Crippen molar-refractivity contribution in [3.63, 3.8) is 0 Å². The molecule has 0 saturated carbocycles. The van der Waals surface area contributed by atoms with Gasteiger partial charge in [-0.25, -0.2) is 17.9 Å². The Kier molecular flexibility index (Phi) is 7.68. The second kappa shape index (κ2) is 10.6. The molecule has 3 aromatic carbocycles. The van der Waals surface area contributed by atoms with Gasteiger partial charge in [0.2, 0.25) is 5.91 Å². The lowest BCUT2D eigenvalue weighted by molar-refractivity contribution is -0.120. The number of carbonyl (C=O) groups is 2.